The topological polar surface area (TPSA) is 60.3 Å². The number of benzene rings is 2. The number of hydrogen-bond acceptors (Lipinski definition) is 4. The van der Waals surface area contributed by atoms with E-state index in [9.17, 15) is 8.42 Å². The second-order valence-electron chi connectivity index (χ2n) is 7.25. The second-order valence-corrected chi connectivity index (χ2v) is 9.59. The highest BCUT2D eigenvalue weighted by Gasteiger charge is 2.30. The van der Waals surface area contributed by atoms with Crippen LogP contribution >= 0.6 is 11.6 Å². The Kier molecular flexibility index (Phi) is 5.51. The molecule has 2 aliphatic heterocycles. The summed E-state index contributed by atoms with van der Waals surface area (Å²) in [5, 5.41) is 0.562. The lowest BCUT2D eigenvalue weighted by atomic mass is 10.1. The summed E-state index contributed by atoms with van der Waals surface area (Å²) in [4.78, 5) is 1.68. The zero-order valence-corrected chi connectivity index (χ0v) is 17.4. The van der Waals surface area contributed by atoms with Crippen molar-refractivity contribution in [2.45, 2.75) is 18.4 Å². The molecule has 1 saturated heterocycles. The molecule has 0 unspecified atom stereocenters. The number of hydrogen-bond donors (Lipinski definition) is 1. The van der Waals surface area contributed by atoms with Gasteiger partial charge >= 0.3 is 0 Å². The van der Waals surface area contributed by atoms with Crippen LogP contribution in [0.4, 0.5) is 0 Å². The van der Waals surface area contributed by atoms with Crippen molar-refractivity contribution < 1.29 is 22.8 Å². The Balaban J connectivity index is 1.41. The first kappa shape index (κ1) is 19.5. The number of nitrogens with one attached hydrogen (secondary N) is 1. The molecule has 0 bridgehead atoms. The Morgan fingerprint density at radius 1 is 1.07 bits per heavy atom. The van der Waals surface area contributed by atoms with Crippen molar-refractivity contribution in [2.24, 2.45) is 0 Å². The van der Waals surface area contributed by atoms with Gasteiger partial charge in [-0.3, -0.25) is 0 Å². The molecule has 8 heteroatoms. The van der Waals surface area contributed by atoms with Crippen LogP contribution < -0.4 is 14.4 Å². The smallest absolute Gasteiger partial charge is 0.243 e. The van der Waals surface area contributed by atoms with E-state index in [1.54, 1.807) is 16.4 Å². The number of halogens is 1. The molecule has 6 nitrogen and oxygen atoms in total. The molecule has 2 aliphatic rings. The van der Waals surface area contributed by atoms with Crippen molar-refractivity contribution in [2.75, 3.05) is 39.4 Å². The number of aryl methyl sites for hydroxylation is 1. The minimum Gasteiger partial charge on any atom is -0.486 e. The van der Waals surface area contributed by atoms with Gasteiger partial charge in [0, 0.05) is 5.56 Å². The fourth-order valence-corrected chi connectivity index (χ4v) is 5.36. The van der Waals surface area contributed by atoms with E-state index in [4.69, 9.17) is 21.1 Å². The molecule has 2 heterocycles. The fraction of sp³-hybridized carbons (Fsp3) is 0.400. The summed E-state index contributed by atoms with van der Waals surface area (Å²) >= 11 is 6.33. The molecule has 0 atom stereocenters. The molecule has 1 fully saturated rings. The van der Waals surface area contributed by atoms with Crippen LogP contribution in [0.25, 0.3) is 0 Å². The highest BCUT2D eigenvalue weighted by Crippen LogP contribution is 2.38. The third kappa shape index (κ3) is 3.98. The predicted octanol–water partition coefficient (Wildman–Crippen LogP) is 1.51. The zero-order valence-electron chi connectivity index (χ0n) is 15.8. The van der Waals surface area contributed by atoms with E-state index in [-0.39, 0.29) is 0 Å². The molecule has 0 saturated carbocycles. The van der Waals surface area contributed by atoms with E-state index in [2.05, 4.69) is 0 Å². The molecule has 0 aliphatic carbocycles. The molecular weight excluding hydrogens is 400 g/mol. The largest absolute Gasteiger partial charge is 0.486 e. The first-order valence-corrected chi connectivity index (χ1v) is 11.2. The average molecular weight is 424 g/mol. The minimum atomic E-state index is -3.43. The SMILES string of the molecule is Cc1ccc(S(=O)(=O)N2CC[NH+](Cc3cc(Cl)c4c(c3)OCCO4)CC2)cc1. The Labute approximate surface area is 170 Å². The van der Waals surface area contributed by atoms with Crippen molar-refractivity contribution in [3.63, 3.8) is 0 Å². The lowest BCUT2D eigenvalue weighted by Crippen LogP contribution is -3.13. The lowest BCUT2D eigenvalue weighted by Gasteiger charge is -2.31. The summed E-state index contributed by atoms with van der Waals surface area (Å²) in [7, 11) is -3.43. The Hall–Kier alpha value is -1.80. The van der Waals surface area contributed by atoms with E-state index < -0.39 is 10.0 Å². The standard InChI is InChI=1S/C20H23ClN2O4S/c1-15-2-4-17(5-3-15)28(24,25)23-8-6-22(7-9-23)14-16-12-18(21)20-19(13-16)26-10-11-27-20/h2-5,12-13H,6-11,14H2,1H3/p+1. The summed E-state index contributed by atoms with van der Waals surface area (Å²) in [6.45, 7) is 6.25. The number of piperazine rings is 1. The summed E-state index contributed by atoms with van der Waals surface area (Å²) in [5.41, 5.74) is 2.12. The van der Waals surface area contributed by atoms with Gasteiger partial charge in [0.05, 0.1) is 36.1 Å². The van der Waals surface area contributed by atoms with Crippen molar-refractivity contribution in [3.8, 4) is 11.5 Å². The van der Waals surface area contributed by atoms with Crippen LogP contribution in [0.5, 0.6) is 11.5 Å². The maximum absolute atomic E-state index is 12.8. The Bertz CT molecular complexity index is 955. The van der Waals surface area contributed by atoms with E-state index in [1.807, 2.05) is 31.2 Å². The summed E-state index contributed by atoms with van der Waals surface area (Å²) in [6.07, 6.45) is 0. The Morgan fingerprint density at radius 2 is 1.75 bits per heavy atom. The average Bonchev–Trinajstić information content (AvgIpc) is 2.69. The van der Waals surface area contributed by atoms with Gasteiger partial charge in [0.15, 0.2) is 11.5 Å². The number of sulfonamides is 1. The minimum absolute atomic E-state index is 0.361. The predicted molar refractivity (Wildman–Crippen MR) is 107 cm³/mol. The van der Waals surface area contributed by atoms with E-state index >= 15 is 0 Å². The highest BCUT2D eigenvalue weighted by atomic mass is 35.5. The first-order valence-electron chi connectivity index (χ1n) is 9.42. The summed E-state index contributed by atoms with van der Waals surface area (Å²) in [5.74, 6) is 1.30. The Morgan fingerprint density at radius 3 is 2.46 bits per heavy atom. The van der Waals surface area contributed by atoms with Gasteiger partial charge in [0.2, 0.25) is 10.0 Å². The molecule has 28 heavy (non-hydrogen) atoms. The number of rotatable bonds is 4. The first-order chi connectivity index (χ1) is 13.4. The van der Waals surface area contributed by atoms with E-state index in [0.29, 0.717) is 47.7 Å². The van der Waals surface area contributed by atoms with Gasteiger partial charge in [0.1, 0.15) is 19.8 Å². The van der Waals surface area contributed by atoms with Crippen molar-refractivity contribution in [1.82, 2.24) is 4.31 Å². The summed E-state index contributed by atoms with van der Waals surface area (Å²) in [6, 6.07) is 10.9. The number of quaternary nitrogens is 1. The van der Waals surface area contributed by atoms with E-state index in [0.717, 1.165) is 30.8 Å². The third-order valence-corrected chi connectivity index (χ3v) is 7.39. The van der Waals surface area contributed by atoms with E-state index in [1.165, 1.54) is 4.90 Å². The molecule has 0 radical (unpaired) electrons. The molecule has 0 amide bonds. The van der Waals surface area contributed by atoms with Crippen LogP contribution in [0, 0.1) is 6.92 Å². The van der Waals surface area contributed by atoms with Gasteiger partial charge in [-0.2, -0.15) is 4.31 Å². The number of fused-ring (bicyclic) bond motifs is 1. The van der Waals surface area contributed by atoms with Gasteiger partial charge in [0.25, 0.3) is 0 Å². The van der Waals surface area contributed by atoms with Crippen LogP contribution in [0.2, 0.25) is 5.02 Å². The molecule has 150 valence electrons. The molecule has 1 N–H and O–H groups in total. The molecule has 2 aromatic rings. The monoisotopic (exact) mass is 423 g/mol. The lowest BCUT2D eigenvalue weighted by molar-refractivity contribution is -0.917. The highest BCUT2D eigenvalue weighted by molar-refractivity contribution is 7.89. The van der Waals surface area contributed by atoms with Gasteiger partial charge < -0.3 is 14.4 Å². The molecule has 0 spiro atoms. The maximum atomic E-state index is 12.8. The zero-order chi connectivity index (χ0) is 19.7. The quantitative estimate of drug-likeness (QED) is 0.809. The van der Waals surface area contributed by atoms with Crippen LogP contribution in [0.3, 0.4) is 0 Å². The normalized spacial score (nSPS) is 18.2. The van der Waals surface area contributed by atoms with Crippen molar-refractivity contribution in [3.05, 3.63) is 52.5 Å². The molecule has 4 rings (SSSR count). The molecular formula is C20H24ClN2O4S+. The van der Waals surface area contributed by atoms with Crippen molar-refractivity contribution >= 4 is 21.6 Å². The van der Waals surface area contributed by atoms with Gasteiger partial charge in [-0.05, 0) is 31.2 Å². The maximum Gasteiger partial charge on any atom is 0.243 e. The van der Waals surface area contributed by atoms with Crippen LogP contribution in [-0.4, -0.2) is 52.1 Å². The van der Waals surface area contributed by atoms with Gasteiger partial charge in [-0.25, -0.2) is 8.42 Å². The van der Waals surface area contributed by atoms with Crippen LogP contribution in [-0.2, 0) is 16.6 Å². The van der Waals surface area contributed by atoms with Gasteiger partial charge in [-0.15, -0.1) is 0 Å². The second kappa shape index (κ2) is 7.91. The fourth-order valence-electron chi connectivity index (χ4n) is 3.63. The van der Waals surface area contributed by atoms with Gasteiger partial charge in [-0.1, -0.05) is 29.3 Å². The summed E-state index contributed by atoms with van der Waals surface area (Å²) < 4.78 is 38.5. The van der Waals surface area contributed by atoms with Crippen LogP contribution in [0.15, 0.2) is 41.3 Å². The third-order valence-electron chi connectivity index (χ3n) is 5.20. The van der Waals surface area contributed by atoms with Crippen molar-refractivity contribution in [1.29, 1.82) is 0 Å². The molecule has 0 aromatic heterocycles. The van der Waals surface area contributed by atoms with Crippen LogP contribution in [0.1, 0.15) is 11.1 Å². The number of ether oxygens (including phenoxy) is 2. The molecule has 2 aromatic carbocycles. The number of nitrogens with zero attached hydrogens (tertiary/aromatic N) is 1.